The molecule has 0 fully saturated rings. The maximum absolute atomic E-state index is 13.0. The van der Waals surface area contributed by atoms with E-state index in [0.717, 1.165) is 28.3 Å². The molecule has 2 aromatic heterocycles. The summed E-state index contributed by atoms with van der Waals surface area (Å²) < 4.78 is 16.1. The number of thiazole rings is 1. The van der Waals surface area contributed by atoms with Crippen molar-refractivity contribution in [2.45, 2.75) is 13.2 Å². The monoisotopic (exact) mass is 352 g/mol. The van der Waals surface area contributed by atoms with E-state index in [-0.39, 0.29) is 5.82 Å². The van der Waals surface area contributed by atoms with Crippen molar-refractivity contribution in [1.29, 1.82) is 0 Å². The Morgan fingerprint density at radius 3 is 2.68 bits per heavy atom. The first kappa shape index (κ1) is 15.9. The third-order valence-corrected chi connectivity index (χ3v) is 4.93. The highest BCUT2D eigenvalue weighted by Crippen LogP contribution is 2.22. The van der Waals surface area contributed by atoms with Gasteiger partial charge in [0.25, 0.3) is 0 Å². The van der Waals surface area contributed by atoms with Crippen molar-refractivity contribution in [1.82, 2.24) is 19.7 Å². The zero-order valence-corrected chi connectivity index (χ0v) is 14.6. The first-order chi connectivity index (χ1) is 12.2. The van der Waals surface area contributed by atoms with Gasteiger partial charge >= 0.3 is 0 Å². The van der Waals surface area contributed by atoms with Crippen LogP contribution >= 0.6 is 11.3 Å². The highest BCUT2D eigenvalue weighted by atomic mass is 32.1. The normalized spacial score (nSPS) is 11.5. The lowest BCUT2D eigenvalue weighted by atomic mass is 10.1. The Morgan fingerprint density at radius 1 is 1.08 bits per heavy atom. The molecule has 0 aliphatic carbocycles. The fourth-order valence-electron chi connectivity index (χ4n) is 2.73. The van der Waals surface area contributed by atoms with Crippen LogP contribution in [0.5, 0.6) is 0 Å². The Balaban J connectivity index is 1.44. The van der Waals surface area contributed by atoms with Gasteiger partial charge in [-0.15, -0.1) is 11.3 Å². The van der Waals surface area contributed by atoms with Gasteiger partial charge in [0, 0.05) is 11.8 Å². The van der Waals surface area contributed by atoms with Gasteiger partial charge in [-0.05, 0) is 49.5 Å². The maximum atomic E-state index is 13.0. The van der Waals surface area contributed by atoms with Crippen LogP contribution in [0.4, 0.5) is 4.39 Å². The topological polar surface area (TPSA) is 34.0 Å². The first-order valence-electron chi connectivity index (χ1n) is 8.00. The average Bonchev–Trinajstić information content (AvgIpc) is 3.21. The Bertz CT molecular complexity index is 957. The standard InChI is InChI=1S/C19H17FN4S/c1-23(12-19-21-17-4-2-3-5-18(17)25-19)13-24-11-10-16(22-24)14-6-8-15(20)9-7-14/h2-11H,12-13H2,1H3. The van der Waals surface area contributed by atoms with Crippen LogP contribution in [-0.2, 0) is 13.2 Å². The van der Waals surface area contributed by atoms with E-state index in [1.54, 1.807) is 23.5 Å². The molecule has 0 radical (unpaired) electrons. The summed E-state index contributed by atoms with van der Waals surface area (Å²) >= 11 is 1.72. The molecule has 6 heteroatoms. The summed E-state index contributed by atoms with van der Waals surface area (Å²) in [5.41, 5.74) is 2.80. The maximum Gasteiger partial charge on any atom is 0.123 e. The van der Waals surface area contributed by atoms with Gasteiger partial charge in [-0.3, -0.25) is 9.58 Å². The van der Waals surface area contributed by atoms with Crippen molar-refractivity contribution in [2.75, 3.05) is 7.05 Å². The summed E-state index contributed by atoms with van der Waals surface area (Å²) in [5.74, 6) is -0.237. The van der Waals surface area contributed by atoms with Crippen molar-refractivity contribution < 1.29 is 4.39 Å². The van der Waals surface area contributed by atoms with Crippen molar-refractivity contribution >= 4 is 21.6 Å². The van der Waals surface area contributed by atoms with Gasteiger partial charge in [-0.1, -0.05) is 12.1 Å². The van der Waals surface area contributed by atoms with E-state index in [1.807, 2.05) is 42.2 Å². The van der Waals surface area contributed by atoms with E-state index >= 15 is 0 Å². The number of rotatable bonds is 5. The van der Waals surface area contributed by atoms with E-state index in [2.05, 4.69) is 21.0 Å². The molecular weight excluding hydrogens is 335 g/mol. The lowest BCUT2D eigenvalue weighted by molar-refractivity contribution is 0.246. The summed E-state index contributed by atoms with van der Waals surface area (Å²) in [6.45, 7) is 1.43. The summed E-state index contributed by atoms with van der Waals surface area (Å²) in [7, 11) is 2.05. The van der Waals surface area contributed by atoms with Crippen LogP contribution in [0.15, 0.2) is 60.8 Å². The summed E-state index contributed by atoms with van der Waals surface area (Å²) in [6.07, 6.45) is 1.94. The highest BCUT2D eigenvalue weighted by Gasteiger charge is 2.08. The lowest BCUT2D eigenvalue weighted by Gasteiger charge is -2.14. The van der Waals surface area contributed by atoms with E-state index < -0.39 is 0 Å². The van der Waals surface area contributed by atoms with Crippen molar-refractivity contribution in [2.24, 2.45) is 0 Å². The molecule has 0 aliphatic rings. The Morgan fingerprint density at radius 2 is 1.88 bits per heavy atom. The molecule has 0 atom stereocenters. The van der Waals surface area contributed by atoms with Crippen LogP contribution in [0.1, 0.15) is 5.01 Å². The molecule has 4 rings (SSSR count). The van der Waals surface area contributed by atoms with Gasteiger partial charge in [0.1, 0.15) is 10.8 Å². The van der Waals surface area contributed by atoms with Gasteiger partial charge in [0.05, 0.1) is 29.1 Å². The molecule has 4 nitrogen and oxygen atoms in total. The van der Waals surface area contributed by atoms with E-state index in [0.29, 0.717) is 6.67 Å². The van der Waals surface area contributed by atoms with Crippen LogP contribution in [0.25, 0.3) is 21.5 Å². The average molecular weight is 352 g/mol. The molecule has 0 N–H and O–H groups in total. The Kier molecular flexibility index (Phi) is 4.29. The second-order valence-corrected chi connectivity index (χ2v) is 7.09. The molecule has 0 aliphatic heterocycles. The minimum atomic E-state index is -0.237. The Labute approximate surface area is 149 Å². The van der Waals surface area contributed by atoms with Crippen molar-refractivity contribution in [3.8, 4) is 11.3 Å². The molecule has 126 valence electrons. The highest BCUT2D eigenvalue weighted by molar-refractivity contribution is 7.18. The number of aromatic nitrogens is 3. The van der Waals surface area contributed by atoms with E-state index in [4.69, 9.17) is 0 Å². The summed E-state index contributed by atoms with van der Waals surface area (Å²) in [4.78, 5) is 6.83. The summed E-state index contributed by atoms with van der Waals surface area (Å²) in [5, 5.41) is 5.66. The summed E-state index contributed by atoms with van der Waals surface area (Å²) in [6, 6.07) is 16.5. The van der Waals surface area contributed by atoms with Crippen LogP contribution in [0, 0.1) is 5.82 Å². The van der Waals surface area contributed by atoms with Crippen LogP contribution in [0.3, 0.4) is 0 Å². The fraction of sp³-hybridized carbons (Fsp3) is 0.158. The van der Waals surface area contributed by atoms with Crippen LogP contribution in [0.2, 0.25) is 0 Å². The third-order valence-electron chi connectivity index (χ3n) is 3.91. The van der Waals surface area contributed by atoms with Crippen molar-refractivity contribution in [3.05, 3.63) is 71.6 Å². The number of nitrogens with zero attached hydrogens (tertiary/aromatic N) is 4. The molecule has 0 saturated carbocycles. The predicted molar refractivity (Wildman–Crippen MR) is 98.7 cm³/mol. The van der Waals surface area contributed by atoms with Gasteiger partial charge in [0.2, 0.25) is 0 Å². The molecule has 0 amide bonds. The molecule has 0 saturated heterocycles. The molecule has 25 heavy (non-hydrogen) atoms. The van der Waals surface area contributed by atoms with Gasteiger partial charge in [0.15, 0.2) is 0 Å². The number of hydrogen-bond acceptors (Lipinski definition) is 4. The molecule has 0 spiro atoms. The van der Waals surface area contributed by atoms with Gasteiger partial charge < -0.3 is 0 Å². The number of hydrogen-bond donors (Lipinski definition) is 0. The van der Waals surface area contributed by atoms with Gasteiger partial charge in [-0.25, -0.2) is 9.37 Å². The Hall–Kier alpha value is -2.57. The number of halogens is 1. The number of fused-ring (bicyclic) bond motifs is 1. The number of benzene rings is 2. The fourth-order valence-corrected chi connectivity index (χ4v) is 3.78. The van der Waals surface area contributed by atoms with Crippen molar-refractivity contribution in [3.63, 3.8) is 0 Å². The molecule has 0 unspecified atom stereocenters. The molecule has 2 aromatic carbocycles. The van der Waals surface area contributed by atoms with Gasteiger partial charge in [-0.2, -0.15) is 5.10 Å². The predicted octanol–water partition coefficient (Wildman–Crippen LogP) is 4.39. The van der Waals surface area contributed by atoms with Crippen LogP contribution in [-0.4, -0.2) is 26.7 Å². The minimum Gasteiger partial charge on any atom is -0.281 e. The molecular formula is C19H17FN4S. The lowest BCUT2D eigenvalue weighted by Crippen LogP contribution is -2.21. The van der Waals surface area contributed by atoms with E-state index in [1.165, 1.54) is 16.8 Å². The second kappa shape index (κ2) is 6.74. The first-order valence-corrected chi connectivity index (χ1v) is 8.81. The smallest absolute Gasteiger partial charge is 0.123 e. The molecule has 0 bridgehead atoms. The SMILES string of the molecule is CN(Cc1nc2ccccc2s1)Cn1ccc(-c2ccc(F)cc2)n1. The largest absolute Gasteiger partial charge is 0.281 e. The third kappa shape index (κ3) is 3.60. The minimum absolute atomic E-state index is 0.237. The zero-order valence-electron chi connectivity index (χ0n) is 13.8. The molecule has 2 heterocycles. The quantitative estimate of drug-likeness (QED) is 0.534. The zero-order chi connectivity index (χ0) is 17.2. The second-order valence-electron chi connectivity index (χ2n) is 5.98. The van der Waals surface area contributed by atoms with Crippen LogP contribution < -0.4 is 0 Å². The number of para-hydroxylation sites is 1. The molecule has 4 aromatic rings. The van der Waals surface area contributed by atoms with E-state index in [9.17, 15) is 4.39 Å².